The summed E-state index contributed by atoms with van der Waals surface area (Å²) in [6.07, 6.45) is -3.60. The van der Waals surface area contributed by atoms with Gasteiger partial charge in [0.15, 0.2) is 17.6 Å². The largest absolute Gasteiger partial charge is 0.401 e. The summed E-state index contributed by atoms with van der Waals surface area (Å²) in [5, 5.41) is 6.22. The van der Waals surface area contributed by atoms with E-state index in [4.69, 9.17) is 0 Å². The number of rotatable bonds is 6. The van der Waals surface area contributed by atoms with Gasteiger partial charge in [0, 0.05) is 38.1 Å². The normalized spacial score (nSPS) is 20.0. The Balaban J connectivity index is 1.93. The molecular weight excluding hydrogens is 367 g/mol. The average Bonchev–Trinajstić information content (AvgIpc) is 3.00. The van der Waals surface area contributed by atoms with E-state index in [0.29, 0.717) is 44.1 Å². The van der Waals surface area contributed by atoms with Crippen LogP contribution in [0.15, 0.2) is 23.2 Å². The summed E-state index contributed by atoms with van der Waals surface area (Å²) in [7, 11) is 0. The molecule has 0 aromatic heterocycles. The summed E-state index contributed by atoms with van der Waals surface area (Å²) in [4.78, 5) is 5.81. The van der Waals surface area contributed by atoms with Gasteiger partial charge in [-0.2, -0.15) is 13.2 Å². The number of likely N-dealkylation sites (tertiary alicyclic amines) is 1. The minimum absolute atomic E-state index is 0.122. The van der Waals surface area contributed by atoms with Crippen molar-refractivity contribution in [3.8, 4) is 0 Å². The Kier molecular flexibility index (Phi) is 7.41. The highest BCUT2D eigenvalue weighted by Gasteiger charge is 2.34. The van der Waals surface area contributed by atoms with E-state index in [1.807, 2.05) is 13.8 Å². The molecule has 0 amide bonds. The third kappa shape index (κ3) is 6.97. The zero-order valence-electron chi connectivity index (χ0n) is 15.4. The second-order valence-corrected chi connectivity index (χ2v) is 6.77. The number of nitrogens with zero attached hydrogens (tertiary/aromatic N) is 2. The van der Waals surface area contributed by atoms with Crippen LogP contribution < -0.4 is 10.6 Å². The number of nitrogens with one attached hydrogen (secondary N) is 2. The van der Waals surface area contributed by atoms with Gasteiger partial charge in [-0.05, 0) is 31.0 Å². The first-order chi connectivity index (χ1) is 12.7. The molecule has 0 aliphatic carbocycles. The van der Waals surface area contributed by atoms with Crippen LogP contribution in [0.5, 0.6) is 0 Å². The molecule has 1 fully saturated rings. The molecule has 1 aromatic rings. The van der Waals surface area contributed by atoms with Crippen molar-refractivity contribution in [2.45, 2.75) is 38.4 Å². The quantitative estimate of drug-likeness (QED) is 0.444. The van der Waals surface area contributed by atoms with Gasteiger partial charge < -0.3 is 10.6 Å². The first-order valence-corrected chi connectivity index (χ1v) is 8.97. The summed E-state index contributed by atoms with van der Waals surface area (Å²) in [6.45, 7) is 4.43. The van der Waals surface area contributed by atoms with E-state index in [-0.39, 0.29) is 12.0 Å². The standard InChI is InChI=1S/C18H25F5N4/c1-3-24-17(26-14-6-7-27(10-14)11-18(21,22)23)25-9-12(2)13-4-5-15(19)16(20)8-13/h4-5,8,12,14H,3,6-7,9-11H2,1-2H3,(H2,24,25,26). The SMILES string of the molecule is CCNC(=NCC(C)c1ccc(F)c(F)c1)NC1CCN(CC(F)(F)F)C1. The number of alkyl halides is 3. The Bertz CT molecular complexity index is 647. The maximum atomic E-state index is 13.4. The van der Waals surface area contributed by atoms with E-state index < -0.39 is 24.4 Å². The van der Waals surface area contributed by atoms with Gasteiger partial charge in [-0.25, -0.2) is 8.78 Å². The summed E-state index contributed by atoms with van der Waals surface area (Å²) in [6, 6.07) is 3.64. The van der Waals surface area contributed by atoms with Crippen molar-refractivity contribution >= 4 is 5.96 Å². The van der Waals surface area contributed by atoms with Crippen LogP contribution in [-0.4, -0.2) is 55.8 Å². The van der Waals surface area contributed by atoms with E-state index in [1.54, 1.807) is 0 Å². The molecule has 1 heterocycles. The number of hydrogen-bond donors (Lipinski definition) is 2. The van der Waals surface area contributed by atoms with Gasteiger partial charge in [-0.1, -0.05) is 13.0 Å². The monoisotopic (exact) mass is 392 g/mol. The van der Waals surface area contributed by atoms with Crippen LogP contribution >= 0.6 is 0 Å². The Hall–Kier alpha value is -1.90. The lowest BCUT2D eigenvalue weighted by atomic mass is 10.0. The van der Waals surface area contributed by atoms with E-state index in [9.17, 15) is 22.0 Å². The van der Waals surface area contributed by atoms with Crippen LogP contribution in [0.4, 0.5) is 22.0 Å². The van der Waals surface area contributed by atoms with Crippen molar-refractivity contribution in [1.82, 2.24) is 15.5 Å². The third-order valence-corrected chi connectivity index (χ3v) is 4.40. The lowest BCUT2D eigenvalue weighted by Crippen LogP contribution is -2.45. The van der Waals surface area contributed by atoms with Crippen LogP contribution in [0, 0.1) is 11.6 Å². The predicted molar refractivity (Wildman–Crippen MR) is 94.8 cm³/mol. The molecule has 27 heavy (non-hydrogen) atoms. The van der Waals surface area contributed by atoms with Crippen molar-refractivity contribution in [2.24, 2.45) is 4.99 Å². The second-order valence-electron chi connectivity index (χ2n) is 6.77. The van der Waals surface area contributed by atoms with Crippen LogP contribution in [0.25, 0.3) is 0 Å². The molecule has 2 atom stereocenters. The minimum atomic E-state index is -4.20. The molecule has 4 nitrogen and oxygen atoms in total. The van der Waals surface area contributed by atoms with Crippen molar-refractivity contribution in [1.29, 1.82) is 0 Å². The second kappa shape index (κ2) is 9.34. The number of hydrogen-bond acceptors (Lipinski definition) is 2. The van der Waals surface area contributed by atoms with Gasteiger partial charge in [0.2, 0.25) is 0 Å². The summed E-state index contributed by atoms with van der Waals surface area (Å²) < 4.78 is 63.9. The van der Waals surface area contributed by atoms with Crippen LogP contribution in [0.3, 0.4) is 0 Å². The molecule has 0 spiro atoms. The Morgan fingerprint density at radius 1 is 1.30 bits per heavy atom. The van der Waals surface area contributed by atoms with Crippen molar-refractivity contribution in [2.75, 3.05) is 32.7 Å². The van der Waals surface area contributed by atoms with Crippen molar-refractivity contribution in [3.05, 3.63) is 35.4 Å². The number of halogens is 5. The molecule has 0 saturated carbocycles. The highest BCUT2D eigenvalue weighted by molar-refractivity contribution is 5.80. The van der Waals surface area contributed by atoms with E-state index >= 15 is 0 Å². The fourth-order valence-electron chi connectivity index (χ4n) is 3.01. The molecule has 1 aliphatic heterocycles. The molecule has 2 unspecified atom stereocenters. The zero-order valence-corrected chi connectivity index (χ0v) is 15.4. The van der Waals surface area contributed by atoms with Crippen molar-refractivity contribution < 1.29 is 22.0 Å². The molecule has 2 rings (SSSR count). The zero-order chi connectivity index (χ0) is 20.0. The van der Waals surface area contributed by atoms with Crippen LogP contribution in [0.2, 0.25) is 0 Å². The van der Waals surface area contributed by atoms with Gasteiger partial charge >= 0.3 is 6.18 Å². The first-order valence-electron chi connectivity index (χ1n) is 8.97. The average molecular weight is 392 g/mol. The Morgan fingerprint density at radius 2 is 2.04 bits per heavy atom. The lowest BCUT2D eigenvalue weighted by Gasteiger charge is -2.20. The van der Waals surface area contributed by atoms with Gasteiger partial charge in [0.25, 0.3) is 0 Å². The topological polar surface area (TPSA) is 39.7 Å². The minimum Gasteiger partial charge on any atom is -0.357 e. The molecule has 1 aliphatic rings. The summed E-state index contributed by atoms with van der Waals surface area (Å²) in [5.74, 6) is -1.43. The maximum absolute atomic E-state index is 13.4. The van der Waals surface area contributed by atoms with E-state index in [1.165, 1.54) is 11.0 Å². The fraction of sp³-hybridized carbons (Fsp3) is 0.611. The highest BCUT2D eigenvalue weighted by atomic mass is 19.4. The number of aliphatic imine (C=N–C) groups is 1. The van der Waals surface area contributed by atoms with E-state index in [0.717, 1.165) is 12.1 Å². The Morgan fingerprint density at radius 3 is 2.67 bits per heavy atom. The molecule has 0 radical (unpaired) electrons. The fourth-order valence-corrected chi connectivity index (χ4v) is 3.01. The highest BCUT2D eigenvalue weighted by Crippen LogP contribution is 2.20. The molecule has 1 aromatic carbocycles. The maximum Gasteiger partial charge on any atom is 0.401 e. The summed E-state index contributed by atoms with van der Waals surface area (Å²) >= 11 is 0. The smallest absolute Gasteiger partial charge is 0.357 e. The van der Waals surface area contributed by atoms with Crippen molar-refractivity contribution in [3.63, 3.8) is 0 Å². The van der Waals surface area contributed by atoms with Gasteiger partial charge in [0.1, 0.15) is 0 Å². The first kappa shape index (κ1) is 21.4. The number of benzene rings is 1. The lowest BCUT2D eigenvalue weighted by molar-refractivity contribution is -0.143. The number of guanidine groups is 1. The molecule has 1 saturated heterocycles. The molecule has 9 heteroatoms. The van der Waals surface area contributed by atoms with Crippen LogP contribution in [0.1, 0.15) is 31.7 Å². The molecule has 2 N–H and O–H groups in total. The molecule has 0 bridgehead atoms. The molecule has 152 valence electrons. The van der Waals surface area contributed by atoms with E-state index in [2.05, 4.69) is 15.6 Å². The molecular formula is C18H25F5N4. The van der Waals surface area contributed by atoms with Crippen LogP contribution in [-0.2, 0) is 0 Å². The predicted octanol–water partition coefficient (Wildman–Crippen LogP) is 3.26. The van der Waals surface area contributed by atoms with Gasteiger partial charge in [0.05, 0.1) is 6.54 Å². The Labute approximate surface area is 155 Å². The van der Waals surface area contributed by atoms with Gasteiger partial charge in [-0.15, -0.1) is 0 Å². The summed E-state index contributed by atoms with van der Waals surface area (Å²) in [5.41, 5.74) is 0.630. The van der Waals surface area contributed by atoms with Gasteiger partial charge in [-0.3, -0.25) is 9.89 Å². The third-order valence-electron chi connectivity index (χ3n) is 4.40.